The minimum Gasteiger partial charge on any atom is -0.463 e. The topological polar surface area (TPSA) is 157 Å². The SMILES string of the molecule is CC(=O)N[C@@H]1[C@@H](OC(=O)c2ccc(Br)o2)O[C@@H](COC(C)=O)[C@@H](OC(C)=O)[C@H]1OC(C)=O. The largest absolute Gasteiger partial charge is 0.463 e. The first-order valence-corrected chi connectivity index (χ1v) is 10.1. The van der Waals surface area contributed by atoms with E-state index in [0.29, 0.717) is 0 Å². The highest BCUT2D eigenvalue weighted by Crippen LogP contribution is 2.29. The molecule has 1 aliphatic rings. The lowest BCUT2D eigenvalue weighted by molar-refractivity contribution is -0.264. The summed E-state index contributed by atoms with van der Waals surface area (Å²) in [6, 6.07) is 1.53. The van der Waals surface area contributed by atoms with Crippen LogP contribution in [0, 0.1) is 0 Å². The van der Waals surface area contributed by atoms with Gasteiger partial charge in [-0.05, 0) is 28.1 Å². The molecule has 0 aliphatic carbocycles. The molecule has 0 aromatic carbocycles. The highest BCUT2D eigenvalue weighted by molar-refractivity contribution is 9.10. The summed E-state index contributed by atoms with van der Waals surface area (Å²) in [7, 11) is 0. The molecular formula is C19H22BrNO11. The molecule has 5 atom stereocenters. The zero-order chi connectivity index (χ0) is 24.0. The van der Waals surface area contributed by atoms with Crippen LogP contribution in [0.1, 0.15) is 38.2 Å². The van der Waals surface area contributed by atoms with Crippen LogP contribution in [0.2, 0.25) is 0 Å². The number of carbonyl (C=O) groups excluding carboxylic acids is 5. The molecule has 32 heavy (non-hydrogen) atoms. The molecule has 1 saturated heterocycles. The first kappa shape index (κ1) is 25.3. The Morgan fingerprint density at radius 2 is 1.56 bits per heavy atom. The molecule has 1 aromatic rings. The number of carbonyl (C=O) groups is 5. The molecule has 1 aromatic heterocycles. The Bertz CT molecular complexity index is 882. The van der Waals surface area contributed by atoms with Crippen molar-refractivity contribution < 1.29 is 52.1 Å². The summed E-state index contributed by atoms with van der Waals surface area (Å²) in [5, 5.41) is 2.48. The molecule has 0 saturated carbocycles. The van der Waals surface area contributed by atoms with Crippen molar-refractivity contribution in [3.63, 3.8) is 0 Å². The molecule has 13 heteroatoms. The van der Waals surface area contributed by atoms with Crippen molar-refractivity contribution in [1.82, 2.24) is 5.32 Å². The number of nitrogens with one attached hydrogen (secondary N) is 1. The number of amides is 1. The molecule has 0 radical (unpaired) electrons. The average Bonchev–Trinajstić information content (AvgIpc) is 3.10. The van der Waals surface area contributed by atoms with Crippen LogP contribution in [0.4, 0.5) is 0 Å². The molecule has 176 valence electrons. The van der Waals surface area contributed by atoms with Gasteiger partial charge in [-0.25, -0.2) is 4.79 Å². The van der Waals surface area contributed by atoms with Crippen molar-refractivity contribution in [3.8, 4) is 0 Å². The summed E-state index contributed by atoms with van der Waals surface area (Å²) < 4.78 is 32.0. The number of halogens is 1. The quantitative estimate of drug-likeness (QED) is 0.402. The van der Waals surface area contributed by atoms with Gasteiger partial charge in [-0.3, -0.25) is 19.2 Å². The van der Waals surface area contributed by atoms with Gasteiger partial charge in [0.05, 0.1) is 0 Å². The van der Waals surface area contributed by atoms with E-state index < -0.39 is 67.0 Å². The van der Waals surface area contributed by atoms with E-state index in [1.807, 2.05) is 0 Å². The van der Waals surface area contributed by atoms with Gasteiger partial charge >= 0.3 is 23.9 Å². The molecule has 0 spiro atoms. The predicted octanol–water partition coefficient (Wildman–Crippen LogP) is 0.855. The smallest absolute Gasteiger partial charge is 0.376 e. The fraction of sp³-hybridized carbons (Fsp3) is 0.526. The number of hydrogen-bond donors (Lipinski definition) is 1. The normalized spacial score (nSPS) is 24.7. The van der Waals surface area contributed by atoms with E-state index in [9.17, 15) is 24.0 Å². The van der Waals surface area contributed by atoms with Gasteiger partial charge in [-0.1, -0.05) is 0 Å². The predicted molar refractivity (Wildman–Crippen MR) is 106 cm³/mol. The number of furan rings is 1. The van der Waals surface area contributed by atoms with Crippen molar-refractivity contribution in [1.29, 1.82) is 0 Å². The molecule has 2 heterocycles. The maximum atomic E-state index is 12.5. The third-order valence-corrected chi connectivity index (χ3v) is 4.49. The number of rotatable bonds is 7. The standard InChI is InChI=1S/C19H22BrNO11/c1-8(22)21-15-17(29-11(4)25)16(28-10(3)24)13(7-27-9(2)23)31-19(15)32-18(26)12-5-6-14(20)30-12/h5-6,13,15-17,19H,7H2,1-4H3,(H,21,22)/t13-,15-,16+,17-,19+/m0/s1. The van der Waals surface area contributed by atoms with Crippen LogP contribution in [0.25, 0.3) is 0 Å². The van der Waals surface area contributed by atoms with Crippen LogP contribution in [0.5, 0.6) is 0 Å². The Kier molecular flexibility index (Phi) is 8.78. The third-order valence-electron chi connectivity index (χ3n) is 4.07. The van der Waals surface area contributed by atoms with Gasteiger partial charge in [0.2, 0.25) is 18.0 Å². The molecular weight excluding hydrogens is 498 g/mol. The highest BCUT2D eigenvalue weighted by atomic mass is 79.9. The minimum atomic E-state index is -1.52. The molecule has 12 nitrogen and oxygen atoms in total. The van der Waals surface area contributed by atoms with E-state index >= 15 is 0 Å². The Morgan fingerprint density at radius 3 is 2.06 bits per heavy atom. The Hall–Kier alpha value is -2.93. The van der Waals surface area contributed by atoms with Crippen molar-refractivity contribution in [2.24, 2.45) is 0 Å². The fourth-order valence-corrected chi connectivity index (χ4v) is 3.29. The highest BCUT2D eigenvalue weighted by Gasteiger charge is 2.52. The number of esters is 4. The zero-order valence-electron chi connectivity index (χ0n) is 17.6. The van der Waals surface area contributed by atoms with E-state index in [1.165, 1.54) is 19.1 Å². The summed E-state index contributed by atoms with van der Waals surface area (Å²) in [6.07, 6.45) is -5.35. The molecule has 1 fully saturated rings. The van der Waals surface area contributed by atoms with Crippen LogP contribution < -0.4 is 5.32 Å². The lowest BCUT2D eigenvalue weighted by Gasteiger charge is -2.44. The maximum absolute atomic E-state index is 12.5. The molecule has 1 amide bonds. The second kappa shape index (κ2) is 11.1. The van der Waals surface area contributed by atoms with Gasteiger partial charge in [0, 0.05) is 27.7 Å². The lowest BCUT2D eigenvalue weighted by atomic mass is 9.96. The van der Waals surface area contributed by atoms with Crippen molar-refractivity contribution in [2.75, 3.05) is 6.61 Å². The number of ether oxygens (including phenoxy) is 5. The number of hydrogen-bond acceptors (Lipinski definition) is 11. The molecule has 2 rings (SSSR count). The monoisotopic (exact) mass is 519 g/mol. The summed E-state index contributed by atoms with van der Waals surface area (Å²) in [5.74, 6) is -3.87. The van der Waals surface area contributed by atoms with Gasteiger partial charge in [0.1, 0.15) is 18.8 Å². The van der Waals surface area contributed by atoms with Crippen LogP contribution in [0.15, 0.2) is 21.2 Å². The van der Waals surface area contributed by atoms with E-state index in [0.717, 1.165) is 20.8 Å². The van der Waals surface area contributed by atoms with Crippen LogP contribution in [-0.2, 0) is 42.9 Å². The van der Waals surface area contributed by atoms with Gasteiger partial charge in [0.25, 0.3) is 0 Å². The van der Waals surface area contributed by atoms with Crippen LogP contribution in [0.3, 0.4) is 0 Å². The molecule has 0 unspecified atom stereocenters. The minimum absolute atomic E-state index is 0.176. The van der Waals surface area contributed by atoms with Crippen molar-refractivity contribution >= 4 is 45.7 Å². The summed E-state index contributed by atoms with van der Waals surface area (Å²) >= 11 is 3.06. The Morgan fingerprint density at radius 1 is 0.938 bits per heavy atom. The summed E-state index contributed by atoms with van der Waals surface area (Å²) in [4.78, 5) is 59.1. The summed E-state index contributed by atoms with van der Waals surface area (Å²) in [5.41, 5.74) is 0. The Labute approximate surface area is 190 Å². The van der Waals surface area contributed by atoms with Gasteiger partial charge in [-0.2, -0.15) is 0 Å². The first-order valence-electron chi connectivity index (χ1n) is 9.34. The zero-order valence-corrected chi connectivity index (χ0v) is 19.2. The van der Waals surface area contributed by atoms with Gasteiger partial charge < -0.3 is 33.4 Å². The lowest BCUT2D eigenvalue weighted by Crippen LogP contribution is -2.66. The fourth-order valence-electron chi connectivity index (χ4n) is 2.98. The van der Waals surface area contributed by atoms with Gasteiger partial charge in [-0.15, -0.1) is 0 Å². The second-order valence-corrected chi connectivity index (χ2v) is 7.51. The third kappa shape index (κ3) is 7.05. The molecule has 1 N–H and O–H groups in total. The van der Waals surface area contributed by atoms with E-state index in [4.69, 9.17) is 28.1 Å². The average molecular weight is 520 g/mol. The first-order chi connectivity index (χ1) is 15.0. The van der Waals surface area contributed by atoms with Crippen LogP contribution in [-0.4, -0.2) is 67.0 Å². The Balaban J connectivity index is 2.42. The second-order valence-electron chi connectivity index (χ2n) is 6.73. The van der Waals surface area contributed by atoms with E-state index in [2.05, 4.69) is 21.2 Å². The van der Waals surface area contributed by atoms with E-state index in [1.54, 1.807) is 0 Å². The molecule has 1 aliphatic heterocycles. The van der Waals surface area contributed by atoms with Gasteiger partial charge in [0.15, 0.2) is 16.9 Å². The van der Waals surface area contributed by atoms with Crippen LogP contribution >= 0.6 is 15.9 Å². The van der Waals surface area contributed by atoms with Crippen molar-refractivity contribution in [2.45, 2.75) is 58.3 Å². The summed E-state index contributed by atoms with van der Waals surface area (Å²) in [6.45, 7) is 4.13. The molecule has 0 bridgehead atoms. The maximum Gasteiger partial charge on any atom is 0.376 e. The van der Waals surface area contributed by atoms with Crippen molar-refractivity contribution in [3.05, 3.63) is 22.6 Å². The van der Waals surface area contributed by atoms with E-state index in [-0.39, 0.29) is 10.4 Å².